The van der Waals surface area contributed by atoms with Crippen LogP contribution in [0.1, 0.15) is 31.0 Å². The summed E-state index contributed by atoms with van der Waals surface area (Å²) < 4.78 is 34.8. The number of fused-ring (bicyclic) bond motifs is 1. The number of rotatable bonds is 6. The molecular formula is C25H31F2N3O5Si. The van der Waals surface area contributed by atoms with Crippen molar-refractivity contribution in [3.05, 3.63) is 53.1 Å². The Kier molecular flexibility index (Phi) is 7.44. The third-order valence-electron chi connectivity index (χ3n) is 6.10. The highest BCUT2D eigenvalue weighted by atomic mass is 28.3. The van der Waals surface area contributed by atoms with Crippen LogP contribution >= 0.6 is 0 Å². The van der Waals surface area contributed by atoms with E-state index in [-0.39, 0.29) is 17.4 Å². The SMILES string of the molecule is COc1ccc2c(c1)CCN(C(=O)NC(C)(C)C(=O)O)[C@H]2C(=O)Nc1cc(F)c([Si](C)(C)C)c(F)c1. The van der Waals surface area contributed by atoms with Crippen molar-refractivity contribution >= 4 is 36.9 Å². The lowest BCUT2D eigenvalue weighted by Gasteiger charge is -2.38. The fraction of sp³-hybridized carbons (Fsp3) is 0.400. The third kappa shape index (κ3) is 5.51. The van der Waals surface area contributed by atoms with Gasteiger partial charge in [0.25, 0.3) is 5.91 Å². The molecule has 0 aliphatic carbocycles. The molecule has 8 nitrogen and oxygen atoms in total. The number of hydrogen-bond donors (Lipinski definition) is 3. The molecule has 2 aromatic carbocycles. The van der Waals surface area contributed by atoms with Crippen molar-refractivity contribution < 1.29 is 33.0 Å². The van der Waals surface area contributed by atoms with E-state index in [1.165, 1.54) is 25.9 Å². The summed E-state index contributed by atoms with van der Waals surface area (Å²) in [4.78, 5) is 39.4. The smallest absolute Gasteiger partial charge is 0.328 e. The van der Waals surface area contributed by atoms with Gasteiger partial charge in [-0.3, -0.25) is 4.79 Å². The van der Waals surface area contributed by atoms with Gasteiger partial charge in [0, 0.05) is 17.4 Å². The molecule has 1 aliphatic heterocycles. The molecule has 3 amide bonds. The fourth-order valence-electron chi connectivity index (χ4n) is 4.20. The summed E-state index contributed by atoms with van der Waals surface area (Å²) in [6.07, 6.45) is 0.394. The minimum atomic E-state index is -2.32. The number of nitrogens with one attached hydrogen (secondary N) is 2. The van der Waals surface area contributed by atoms with Crippen LogP contribution < -0.4 is 20.6 Å². The van der Waals surface area contributed by atoms with Crippen molar-refractivity contribution in [2.75, 3.05) is 19.0 Å². The first kappa shape index (κ1) is 27.1. The molecule has 0 fully saturated rings. The molecule has 0 spiro atoms. The zero-order chi connectivity index (χ0) is 27.0. The average molecular weight is 520 g/mol. The van der Waals surface area contributed by atoms with Crippen molar-refractivity contribution in [3.63, 3.8) is 0 Å². The van der Waals surface area contributed by atoms with Crippen molar-refractivity contribution in [3.8, 4) is 5.75 Å². The normalized spacial score (nSPS) is 15.7. The Balaban J connectivity index is 2.00. The number of aliphatic carboxylic acids is 1. The lowest BCUT2D eigenvalue weighted by Crippen LogP contribution is -2.57. The van der Waals surface area contributed by atoms with E-state index >= 15 is 0 Å². The minimum absolute atomic E-state index is 0.0347. The number of hydrogen-bond acceptors (Lipinski definition) is 4. The van der Waals surface area contributed by atoms with Crippen LogP contribution in [0.4, 0.5) is 19.3 Å². The maximum Gasteiger partial charge on any atom is 0.328 e. The van der Waals surface area contributed by atoms with Gasteiger partial charge in [-0.2, -0.15) is 0 Å². The second kappa shape index (κ2) is 9.88. The van der Waals surface area contributed by atoms with Gasteiger partial charge in [0.05, 0.1) is 15.2 Å². The number of ether oxygens (including phenoxy) is 1. The Morgan fingerprint density at radius 3 is 2.25 bits per heavy atom. The summed E-state index contributed by atoms with van der Waals surface area (Å²) in [7, 11) is -0.806. The van der Waals surface area contributed by atoms with Crippen LogP contribution in [0, 0.1) is 11.6 Å². The van der Waals surface area contributed by atoms with Gasteiger partial charge in [0.2, 0.25) is 0 Å². The zero-order valence-corrected chi connectivity index (χ0v) is 22.2. The van der Waals surface area contributed by atoms with Crippen molar-refractivity contribution in [2.45, 2.75) is 51.5 Å². The van der Waals surface area contributed by atoms with E-state index in [1.807, 2.05) is 19.6 Å². The first-order chi connectivity index (χ1) is 16.7. The lowest BCUT2D eigenvalue weighted by atomic mass is 9.91. The molecule has 36 heavy (non-hydrogen) atoms. The standard InChI is InChI=1S/C25H31F2N3O5Si/c1-25(2,23(32)33)29-24(34)30-10-9-14-11-16(35-3)7-8-17(14)20(30)22(31)28-15-12-18(26)21(19(27)13-15)36(4,5)6/h7-8,11-13,20H,9-10H2,1-6H3,(H,28,31)(H,29,34)(H,32,33)/t20-/m1/s1. The molecule has 2 aromatic rings. The second-order valence-electron chi connectivity index (χ2n) is 10.3. The van der Waals surface area contributed by atoms with E-state index in [0.717, 1.165) is 17.7 Å². The predicted octanol–water partition coefficient (Wildman–Crippen LogP) is 3.63. The highest BCUT2D eigenvalue weighted by Crippen LogP contribution is 2.33. The number of methoxy groups -OCH3 is 1. The van der Waals surface area contributed by atoms with Crippen LogP contribution in [-0.2, 0) is 16.0 Å². The highest BCUT2D eigenvalue weighted by molar-refractivity contribution is 6.88. The van der Waals surface area contributed by atoms with Crippen molar-refractivity contribution in [1.29, 1.82) is 0 Å². The molecule has 0 saturated heterocycles. The Hall–Kier alpha value is -3.47. The Bertz CT molecular complexity index is 1190. The number of nitrogens with zero attached hydrogens (tertiary/aromatic N) is 1. The van der Waals surface area contributed by atoms with Gasteiger partial charge in [-0.15, -0.1) is 0 Å². The zero-order valence-electron chi connectivity index (χ0n) is 21.2. The number of anilines is 1. The van der Waals surface area contributed by atoms with Gasteiger partial charge in [0.15, 0.2) is 0 Å². The van der Waals surface area contributed by atoms with Gasteiger partial charge < -0.3 is 25.4 Å². The summed E-state index contributed by atoms with van der Waals surface area (Å²) in [6.45, 7) is 8.21. The molecule has 0 radical (unpaired) electrons. The molecular weight excluding hydrogens is 488 g/mol. The molecule has 194 valence electrons. The maximum absolute atomic E-state index is 14.8. The lowest BCUT2D eigenvalue weighted by molar-refractivity contribution is -0.143. The monoisotopic (exact) mass is 519 g/mol. The first-order valence-electron chi connectivity index (χ1n) is 11.4. The molecule has 1 heterocycles. The molecule has 0 aromatic heterocycles. The van der Waals surface area contributed by atoms with Gasteiger partial charge in [-0.25, -0.2) is 18.4 Å². The number of carbonyl (C=O) groups excluding carboxylic acids is 2. The van der Waals surface area contributed by atoms with E-state index < -0.39 is 49.2 Å². The summed E-state index contributed by atoms with van der Waals surface area (Å²) >= 11 is 0. The van der Waals surface area contributed by atoms with E-state index in [9.17, 15) is 28.3 Å². The Labute approximate surface area is 209 Å². The molecule has 1 aliphatic rings. The Morgan fingerprint density at radius 2 is 1.72 bits per heavy atom. The van der Waals surface area contributed by atoms with Crippen LogP contribution in [0.25, 0.3) is 0 Å². The number of halogens is 2. The van der Waals surface area contributed by atoms with Crippen LogP contribution in [0.5, 0.6) is 5.75 Å². The summed E-state index contributed by atoms with van der Waals surface area (Å²) in [5.41, 5.74) is -0.397. The number of carboxylic acids is 1. The number of carbonyl (C=O) groups is 3. The number of amides is 3. The fourth-order valence-corrected chi connectivity index (χ4v) is 5.77. The Morgan fingerprint density at radius 1 is 1.11 bits per heavy atom. The van der Waals surface area contributed by atoms with Crippen molar-refractivity contribution in [1.82, 2.24) is 10.2 Å². The number of benzene rings is 2. The van der Waals surface area contributed by atoms with E-state index in [4.69, 9.17) is 4.74 Å². The molecule has 11 heteroatoms. The van der Waals surface area contributed by atoms with E-state index in [0.29, 0.717) is 17.7 Å². The van der Waals surface area contributed by atoms with Gasteiger partial charge in [0.1, 0.15) is 29.0 Å². The van der Waals surface area contributed by atoms with Crippen molar-refractivity contribution in [2.24, 2.45) is 0 Å². The molecule has 0 saturated carbocycles. The molecule has 0 bridgehead atoms. The molecule has 0 unspecified atom stereocenters. The van der Waals surface area contributed by atoms with Gasteiger partial charge in [-0.1, -0.05) is 25.7 Å². The second-order valence-corrected chi connectivity index (χ2v) is 15.3. The quantitative estimate of drug-likeness (QED) is 0.505. The van der Waals surface area contributed by atoms with E-state index in [1.54, 1.807) is 18.2 Å². The number of carboxylic acid groups (broad SMARTS) is 1. The van der Waals surface area contributed by atoms with Crippen LogP contribution in [-0.4, -0.2) is 55.2 Å². The van der Waals surface area contributed by atoms with Gasteiger partial charge in [-0.05, 0) is 55.7 Å². The summed E-state index contributed by atoms with van der Waals surface area (Å²) in [5, 5.41) is 14.4. The largest absolute Gasteiger partial charge is 0.497 e. The first-order valence-corrected chi connectivity index (χ1v) is 14.9. The molecule has 1 atom stereocenters. The topological polar surface area (TPSA) is 108 Å². The van der Waals surface area contributed by atoms with Crippen LogP contribution in [0.3, 0.4) is 0 Å². The summed E-state index contributed by atoms with van der Waals surface area (Å²) in [5.74, 6) is -2.84. The summed E-state index contributed by atoms with van der Waals surface area (Å²) in [6, 6.07) is 5.27. The third-order valence-corrected chi connectivity index (χ3v) is 8.08. The number of urea groups is 1. The molecule has 3 rings (SSSR count). The average Bonchev–Trinajstić information content (AvgIpc) is 2.75. The highest BCUT2D eigenvalue weighted by Gasteiger charge is 2.39. The minimum Gasteiger partial charge on any atom is -0.497 e. The van der Waals surface area contributed by atoms with Crippen LogP contribution in [0.2, 0.25) is 19.6 Å². The predicted molar refractivity (Wildman–Crippen MR) is 134 cm³/mol. The van der Waals surface area contributed by atoms with Gasteiger partial charge >= 0.3 is 12.0 Å². The van der Waals surface area contributed by atoms with Crippen LogP contribution in [0.15, 0.2) is 30.3 Å². The maximum atomic E-state index is 14.8. The van der Waals surface area contributed by atoms with E-state index in [2.05, 4.69) is 10.6 Å². The molecule has 3 N–H and O–H groups in total.